The zero-order valence-corrected chi connectivity index (χ0v) is 9.59. The van der Waals surface area contributed by atoms with Crippen LogP contribution in [-0.4, -0.2) is 11.2 Å². The Morgan fingerprint density at radius 2 is 2.27 bits per heavy atom. The average molecular weight is 224 g/mol. The fourth-order valence-corrected chi connectivity index (χ4v) is 2.24. The Kier molecular flexibility index (Phi) is 4.65. The van der Waals surface area contributed by atoms with Crippen LogP contribution in [0, 0.1) is 0 Å². The topological polar surface area (TPSA) is 69.1 Å². The smallest absolute Gasteiger partial charge is 0.230 e. The molecular weight excluding hydrogens is 208 g/mol. The van der Waals surface area contributed by atoms with Gasteiger partial charge < -0.3 is 11.5 Å². The molecule has 15 heavy (non-hydrogen) atoms. The van der Waals surface area contributed by atoms with Crippen LogP contribution in [0.15, 0.2) is 29.2 Å². The van der Waals surface area contributed by atoms with Gasteiger partial charge in [0, 0.05) is 11.4 Å². The number of nitrogens with two attached hydrogens (primary N) is 2. The van der Waals surface area contributed by atoms with E-state index in [2.05, 4.69) is 0 Å². The van der Waals surface area contributed by atoms with Crippen molar-refractivity contribution in [3.8, 4) is 0 Å². The SMILES string of the molecule is CCC(Sc1cccc(CN)c1)C(N)=O. The summed E-state index contributed by atoms with van der Waals surface area (Å²) in [4.78, 5) is 12.1. The van der Waals surface area contributed by atoms with Crippen LogP contribution in [-0.2, 0) is 11.3 Å². The minimum atomic E-state index is -0.263. The van der Waals surface area contributed by atoms with Crippen LogP contribution in [0.5, 0.6) is 0 Å². The van der Waals surface area contributed by atoms with Gasteiger partial charge in [-0.2, -0.15) is 0 Å². The average Bonchev–Trinajstić information content (AvgIpc) is 2.25. The Bertz CT molecular complexity index is 341. The van der Waals surface area contributed by atoms with Gasteiger partial charge in [0.25, 0.3) is 0 Å². The Balaban J connectivity index is 2.74. The van der Waals surface area contributed by atoms with Gasteiger partial charge in [0.1, 0.15) is 0 Å². The number of hydrogen-bond donors (Lipinski definition) is 2. The van der Waals surface area contributed by atoms with Crippen molar-refractivity contribution in [2.45, 2.75) is 30.0 Å². The summed E-state index contributed by atoms with van der Waals surface area (Å²) in [5, 5.41) is -0.155. The molecule has 0 spiro atoms. The van der Waals surface area contributed by atoms with Crippen molar-refractivity contribution in [2.24, 2.45) is 11.5 Å². The van der Waals surface area contributed by atoms with Gasteiger partial charge in [-0.25, -0.2) is 0 Å². The molecule has 1 amide bonds. The molecule has 1 unspecified atom stereocenters. The van der Waals surface area contributed by atoms with E-state index < -0.39 is 0 Å². The fraction of sp³-hybridized carbons (Fsp3) is 0.364. The first-order chi connectivity index (χ1) is 7.17. The van der Waals surface area contributed by atoms with E-state index in [4.69, 9.17) is 11.5 Å². The highest BCUT2D eigenvalue weighted by atomic mass is 32.2. The first kappa shape index (κ1) is 12.1. The minimum Gasteiger partial charge on any atom is -0.369 e. The van der Waals surface area contributed by atoms with Gasteiger partial charge in [0.15, 0.2) is 0 Å². The lowest BCUT2D eigenvalue weighted by atomic mass is 10.2. The molecule has 82 valence electrons. The molecule has 0 aliphatic rings. The standard InChI is InChI=1S/C11H16N2OS/c1-2-10(11(13)14)15-9-5-3-4-8(6-9)7-12/h3-6,10H,2,7,12H2,1H3,(H2,13,14). The van der Waals surface area contributed by atoms with Gasteiger partial charge in [-0.3, -0.25) is 4.79 Å². The summed E-state index contributed by atoms with van der Waals surface area (Å²) in [6.45, 7) is 2.47. The number of rotatable bonds is 5. The number of hydrogen-bond acceptors (Lipinski definition) is 3. The van der Waals surface area contributed by atoms with Gasteiger partial charge in [-0.1, -0.05) is 19.1 Å². The largest absolute Gasteiger partial charge is 0.369 e. The molecule has 0 aromatic heterocycles. The zero-order chi connectivity index (χ0) is 11.3. The predicted octanol–water partition coefficient (Wildman–Crippen LogP) is 1.50. The molecule has 1 aromatic carbocycles. The van der Waals surface area contributed by atoms with Crippen LogP contribution in [0.2, 0.25) is 0 Å². The molecule has 0 saturated carbocycles. The van der Waals surface area contributed by atoms with Crippen LogP contribution in [0.1, 0.15) is 18.9 Å². The van der Waals surface area contributed by atoms with E-state index in [1.807, 2.05) is 31.2 Å². The lowest BCUT2D eigenvalue weighted by molar-refractivity contribution is -0.117. The molecule has 4 heteroatoms. The quantitative estimate of drug-likeness (QED) is 0.745. The van der Waals surface area contributed by atoms with E-state index in [1.54, 1.807) is 0 Å². The number of thioether (sulfide) groups is 1. The molecule has 0 heterocycles. The van der Waals surface area contributed by atoms with Gasteiger partial charge in [0.2, 0.25) is 5.91 Å². The van der Waals surface area contributed by atoms with E-state index in [1.165, 1.54) is 11.8 Å². The normalized spacial score (nSPS) is 12.4. The number of amides is 1. The maximum atomic E-state index is 11.1. The van der Waals surface area contributed by atoms with Crippen molar-refractivity contribution in [3.05, 3.63) is 29.8 Å². The highest BCUT2D eigenvalue weighted by Crippen LogP contribution is 2.25. The maximum absolute atomic E-state index is 11.1. The fourth-order valence-electron chi connectivity index (χ4n) is 1.25. The monoisotopic (exact) mass is 224 g/mol. The molecule has 4 N–H and O–H groups in total. The molecule has 0 aliphatic heterocycles. The molecule has 1 atom stereocenters. The van der Waals surface area contributed by atoms with Gasteiger partial charge in [0.05, 0.1) is 5.25 Å². The van der Waals surface area contributed by atoms with Crippen LogP contribution in [0.3, 0.4) is 0 Å². The molecular formula is C11H16N2OS. The maximum Gasteiger partial charge on any atom is 0.230 e. The Hall–Kier alpha value is -1.00. The molecule has 0 aliphatic carbocycles. The lowest BCUT2D eigenvalue weighted by Gasteiger charge is -2.10. The highest BCUT2D eigenvalue weighted by Gasteiger charge is 2.14. The lowest BCUT2D eigenvalue weighted by Crippen LogP contribution is -2.24. The summed E-state index contributed by atoms with van der Waals surface area (Å²) < 4.78 is 0. The second kappa shape index (κ2) is 5.78. The van der Waals surface area contributed by atoms with Crippen molar-refractivity contribution >= 4 is 17.7 Å². The van der Waals surface area contributed by atoms with E-state index in [0.717, 1.165) is 16.9 Å². The van der Waals surface area contributed by atoms with Crippen molar-refractivity contribution in [3.63, 3.8) is 0 Å². The summed E-state index contributed by atoms with van der Waals surface area (Å²) in [5.41, 5.74) is 11.9. The molecule has 0 radical (unpaired) electrons. The van der Waals surface area contributed by atoms with Crippen molar-refractivity contribution < 1.29 is 4.79 Å². The van der Waals surface area contributed by atoms with Crippen LogP contribution in [0.25, 0.3) is 0 Å². The number of benzene rings is 1. The highest BCUT2D eigenvalue weighted by molar-refractivity contribution is 8.00. The summed E-state index contributed by atoms with van der Waals surface area (Å²) in [6, 6.07) is 7.87. The van der Waals surface area contributed by atoms with E-state index in [0.29, 0.717) is 6.54 Å². The third kappa shape index (κ3) is 3.57. The van der Waals surface area contributed by atoms with Crippen LogP contribution < -0.4 is 11.5 Å². The van der Waals surface area contributed by atoms with Crippen molar-refractivity contribution in [1.82, 2.24) is 0 Å². The van der Waals surface area contributed by atoms with Crippen molar-refractivity contribution in [2.75, 3.05) is 0 Å². The predicted molar refractivity (Wildman–Crippen MR) is 63.5 cm³/mol. The number of primary amides is 1. The summed E-state index contributed by atoms with van der Waals surface area (Å²) in [5.74, 6) is -0.263. The van der Waals surface area contributed by atoms with Gasteiger partial charge in [-0.05, 0) is 24.1 Å². The van der Waals surface area contributed by atoms with Gasteiger partial charge in [-0.15, -0.1) is 11.8 Å². The van der Waals surface area contributed by atoms with Crippen LogP contribution >= 0.6 is 11.8 Å². The Morgan fingerprint density at radius 1 is 1.53 bits per heavy atom. The van der Waals surface area contributed by atoms with E-state index >= 15 is 0 Å². The summed E-state index contributed by atoms with van der Waals surface area (Å²) in [7, 11) is 0. The Labute approximate surface area is 94.2 Å². The van der Waals surface area contributed by atoms with Crippen LogP contribution in [0.4, 0.5) is 0 Å². The Morgan fingerprint density at radius 3 is 2.80 bits per heavy atom. The summed E-state index contributed by atoms with van der Waals surface area (Å²) in [6.07, 6.45) is 0.743. The zero-order valence-electron chi connectivity index (χ0n) is 8.77. The first-order valence-electron chi connectivity index (χ1n) is 4.92. The second-order valence-electron chi connectivity index (χ2n) is 3.27. The molecule has 0 fully saturated rings. The molecule has 1 rings (SSSR count). The molecule has 1 aromatic rings. The van der Waals surface area contributed by atoms with E-state index in [-0.39, 0.29) is 11.2 Å². The first-order valence-corrected chi connectivity index (χ1v) is 5.80. The van der Waals surface area contributed by atoms with Gasteiger partial charge >= 0.3 is 0 Å². The molecule has 0 bridgehead atoms. The van der Waals surface area contributed by atoms with E-state index in [9.17, 15) is 4.79 Å². The minimum absolute atomic E-state index is 0.155. The summed E-state index contributed by atoms with van der Waals surface area (Å²) >= 11 is 1.50. The number of carbonyl (C=O) groups excluding carboxylic acids is 1. The number of carbonyl (C=O) groups is 1. The third-order valence-electron chi connectivity index (χ3n) is 2.10. The third-order valence-corrected chi connectivity index (χ3v) is 3.48. The van der Waals surface area contributed by atoms with Crippen molar-refractivity contribution in [1.29, 1.82) is 0 Å². The molecule has 0 saturated heterocycles. The molecule has 3 nitrogen and oxygen atoms in total. The second-order valence-corrected chi connectivity index (χ2v) is 4.54.